The summed E-state index contributed by atoms with van der Waals surface area (Å²) in [6, 6.07) is 33.3. The Kier molecular flexibility index (Phi) is 7.30. The molecule has 8 heteroatoms. The molecule has 6 rings (SSSR count). The van der Waals surface area contributed by atoms with E-state index in [4.69, 9.17) is 28.9 Å². The number of halogens is 1. The zero-order valence-electron chi connectivity index (χ0n) is 22.6. The van der Waals surface area contributed by atoms with E-state index in [0.29, 0.717) is 27.8 Å². The van der Waals surface area contributed by atoms with Gasteiger partial charge in [0.1, 0.15) is 0 Å². The minimum absolute atomic E-state index is 0.196. The lowest BCUT2D eigenvalue weighted by molar-refractivity contribution is 0.375. The van der Waals surface area contributed by atoms with Gasteiger partial charge in [-0.05, 0) is 65.8 Å². The van der Waals surface area contributed by atoms with Crippen molar-refractivity contribution in [2.24, 2.45) is 5.10 Å². The molecule has 0 fully saturated rings. The monoisotopic (exact) mass is 577 g/mol. The summed E-state index contributed by atoms with van der Waals surface area (Å²) in [5.74, 6) is 0. The standard InChI is InChI=1S/C33H28ClN5OS/c1-38(2)25-18-14-21(15-19-25)29-20-28(37-39(29)33(41)35-24-8-4-3-5-9-24)31-30(22-12-16-23(34)17-13-22)26-10-6-7-11-27(26)36-32(31)40/h3-19,29H,20H2,1-2H3,(H,35,41)(H,36,40)/t29-/m0/s1. The van der Waals surface area contributed by atoms with E-state index in [0.717, 1.165) is 39.0 Å². The van der Waals surface area contributed by atoms with Crippen molar-refractivity contribution in [2.45, 2.75) is 12.5 Å². The van der Waals surface area contributed by atoms with Gasteiger partial charge in [-0.2, -0.15) is 5.10 Å². The van der Waals surface area contributed by atoms with Crippen LogP contribution in [0.4, 0.5) is 11.4 Å². The first-order chi connectivity index (χ1) is 19.9. The normalized spacial score (nSPS) is 14.7. The average Bonchev–Trinajstić information content (AvgIpc) is 3.43. The van der Waals surface area contributed by atoms with E-state index >= 15 is 0 Å². The second-order valence-corrected chi connectivity index (χ2v) is 11.0. The van der Waals surface area contributed by atoms with Crippen LogP contribution in [0.5, 0.6) is 0 Å². The lowest BCUT2D eigenvalue weighted by Gasteiger charge is -2.25. The minimum Gasteiger partial charge on any atom is -0.378 e. The van der Waals surface area contributed by atoms with E-state index in [-0.39, 0.29) is 11.6 Å². The van der Waals surface area contributed by atoms with Crippen LogP contribution in [0, 0.1) is 0 Å². The topological polar surface area (TPSA) is 63.7 Å². The zero-order valence-corrected chi connectivity index (χ0v) is 24.2. The van der Waals surface area contributed by atoms with E-state index in [2.05, 4.69) is 39.5 Å². The second kappa shape index (κ2) is 11.2. The molecule has 0 amide bonds. The Hall–Kier alpha value is -4.46. The van der Waals surface area contributed by atoms with Gasteiger partial charge in [0.25, 0.3) is 5.56 Å². The third-order valence-electron chi connectivity index (χ3n) is 7.28. The molecule has 2 N–H and O–H groups in total. The first-order valence-corrected chi connectivity index (χ1v) is 14.1. The molecule has 0 aliphatic carbocycles. The summed E-state index contributed by atoms with van der Waals surface area (Å²) in [7, 11) is 4.03. The molecule has 5 aromatic rings. The Morgan fingerprint density at radius 1 is 0.927 bits per heavy atom. The van der Waals surface area contributed by atoms with Gasteiger partial charge in [-0.25, -0.2) is 5.01 Å². The van der Waals surface area contributed by atoms with Crippen LogP contribution in [-0.2, 0) is 0 Å². The fourth-order valence-electron chi connectivity index (χ4n) is 5.24. The predicted octanol–water partition coefficient (Wildman–Crippen LogP) is 7.46. The zero-order chi connectivity index (χ0) is 28.5. The molecule has 0 bridgehead atoms. The van der Waals surface area contributed by atoms with E-state index in [1.807, 2.05) is 98.0 Å². The summed E-state index contributed by atoms with van der Waals surface area (Å²) >= 11 is 12.1. The van der Waals surface area contributed by atoms with Crippen molar-refractivity contribution in [3.05, 3.63) is 130 Å². The molecule has 41 heavy (non-hydrogen) atoms. The largest absolute Gasteiger partial charge is 0.378 e. The number of aromatic nitrogens is 1. The molecule has 0 spiro atoms. The Bertz CT molecular complexity index is 1820. The summed E-state index contributed by atoms with van der Waals surface area (Å²) < 4.78 is 0. The fraction of sp³-hybridized carbons (Fsp3) is 0.121. The second-order valence-electron chi connectivity index (χ2n) is 10.1. The number of benzene rings is 4. The predicted molar refractivity (Wildman–Crippen MR) is 174 cm³/mol. The van der Waals surface area contributed by atoms with Crippen LogP contribution in [0.3, 0.4) is 0 Å². The van der Waals surface area contributed by atoms with Crippen LogP contribution >= 0.6 is 23.8 Å². The third-order valence-corrected chi connectivity index (χ3v) is 7.82. The van der Waals surface area contributed by atoms with Gasteiger partial charge in [-0.15, -0.1) is 0 Å². The number of anilines is 2. The van der Waals surface area contributed by atoms with Crippen LogP contribution in [-0.4, -0.2) is 34.9 Å². The summed E-state index contributed by atoms with van der Waals surface area (Å²) in [5.41, 5.74) is 6.50. The first kappa shape index (κ1) is 26.7. The SMILES string of the molecule is CN(C)c1ccc([C@@H]2CC(c3c(-c4ccc(Cl)cc4)c4ccccc4[nH]c3=O)=NN2C(=S)Nc2ccccc2)cc1. The summed E-state index contributed by atoms with van der Waals surface area (Å²) in [6.07, 6.45) is 0.500. The van der Waals surface area contributed by atoms with E-state index in [1.165, 1.54) is 0 Å². The maximum atomic E-state index is 13.8. The highest BCUT2D eigenvalue weighted by Gasteiger charge is 2.34. The Labute approximate surface area is 248 Å². The molecule has 2 heterocycles. The number of hydrazone groups is 1. The van der Waals surface area contributed by atoms with Gasteiger partial charge in [0.05, 0.1) is 17.3 Å². The summed E-state index contributed by atoms with van der Waals surface area (Å²) in [5, 5.41) is 12.2. The van der Waals surface area contributed by atoms with E-state index in [9.17, 15) is 4.79 Å². The first-order valence-electron chi connectivity index (χ1n) is 13.3. The van der Waals surface area contributed by atoms with Crippen LogP contribution in [0.15, 0.2) is 113 Å². The van der Waals surface area contributed by atoms with Crippen molar-refractivity contribution in [3.8, 4) is 11.1 Å². The van der Waals surface area contributed by atoms with E-state index < -0.39 is 0 Å². The Morgan fingerprint density at radius 2 is 1.61 bits per heavy atom. The number of thiocarbonyl (C=S) groups is 1. The molecule has 1 aromatic heterocycles. The molecule has 6 nitrogen and oxygen atoms in total. The number of aromatic amines is 1. The molecule has 4 aromatic carbocycles. The molecule has 1 aliphatic heterocycles. The van der Waals surface area contributed by atoms with Gasteiger partial charge >= 0.3 is 0 Å². The number of nitrogens with zero attached hydrogens (tertiary/aromatic N) is 3. The van der Waals surface area contributed by atoms with Gasteiger partial charge in [0, 0.05) is 53.4 Å². The third kappa shape index (κ3) is 5.34. The van der Waals surface area contributed by atoms with Crippen molar-refractivity contribution in [1.82, 2.24) is 9.99 Å². The van der Waals surface area contributed by atoms with Crippen molar-refractivity contribution >= 4 is 56.9 Å². The highest BCUT2D eigenvalue weighted by Crippen LogP contribution is 2.38. The number of fused-ring (bicyclic) bond motifs is 1. The minimum atomic E-state index is -0.200. The summed E-state index contributed by atoms with van der Waals surface area (Å²) in [6.45, 7) is 0. The molecule has 204 valence electrons. The van der Waals surface area contributed by atoms with Gasteiger partial charge < -0.3 is 15.2 Å². The maximum Gasteiger partial charge on any atom is 0.258 e. The number of hydrogen-bond acceptors (Lipinski definition) is 4. The molecule has 0 radical (unpaired) electrons. The van der Waals surface area contributed by atoms with Crippen molar-refractivity contribution < 1.29 is 0 Å². The van der Waals surface area contributed by atoms with Gasteiger partial charge in [0.2, 0.25) is 0 Å². The molecule has 1 aliphatic rings. The highest BCUT2D eigenvalue weighted by atomic mass is 35.5. The molecule has 1 atom stereocenters. The lowest BCUT2D eigenvalue weighted by atomic mass is 9.91. The van der Waals surface area contributed by atoms with Gasteiger partial charge in [-0.3, -0.25) is 4.79 Å². The van der Waals surface area contributed by atoms with Gasteiger partial charge in [0.15, 0.2) is 5.11 Å². The number of nitrogens with one attached hydrogen (secondary N) is 2. The van der Waals surface area contributed by atoms with Crippen molar-refractivity contribution in [1.29, 1.82) is 0 Å². The van der Waals surface area contributed by atoms with Crippen LogP contribution < -0.4 is 15.8 Å². The van der Waals surface area contributed by atoms with Crippen LogP contribution in [0.25, 0.3) is 22.0 Å². The lowest BCUT2D eigenvalue weighted by Crippen LogP contribution is -2.31. The maximum absolute atomic E-state index is 13.8. The quantitative estimate of drug-likeness (QED) is 0.212. The number of pyridine rings is 1. The van der Waals surface area contributed by atoms with Gasteiger partial charge in [-0.1, -0.05) is 72.3 Å². The van der Waals surface area contributed by atoms with Crippen molar-refractivity contribution in [3.63, 3.8) is 0 Å². The number of para-hydroxylation sites is 2. The number of rotatable bonds is 5. The number of hydrogen-bond donors (Lipinski definition) is 2. The Morgan fingerprint density at radius 3 is 2.32 bits per heavy atom. The summed E-state index contributed by atoms with van der Waals surface area (Å²) in [4.78, 5) is 18.9. The molecule has 0 saturated heterocycles. The molecular formula is C33H28ClN5OS. The average molecular weight is 578 g/mol. The van der Waals surface area contributed by atoms with Crippen LogP contribution in [0.1, 0.15) is 23.6 Å². The molecule has 0 saturated carbocycles. The fourth-order valence-corrected chi connectivity index (χ4v) is 5.65. The van der Waals surface area contributed by atoms with Crippen molar-refractivity contribution in [2.75, 3.05) is 24.3 Å². The molecule has 0 unspecified atom stereocenters. The highest BCUT2D eigenvalue weighted by molar-refractivity contribution is 7.80. The number of H-pyrrole nitrogens is 1. The Balaban J connectivity index is 1.50. The molecular weight excluding hydrogens is 550 g/mol. The van der Waals surface area contributed by atoms with E-state index in [1.54, 1.807) is 0 Å². The van der Waals surface area contributed by atoms with Crippen LogP contribution in [0.2, 0.25) is 5.02 Å². The smallest absolute Gasteiger partial charge is 0.258 e.